The normalized spacial score (nSPS) is 29.4. The highest BCUT2D eigenvalue weighted by Crippen LogP contribution is 2.28. The van der Waals surface area contributed by atoms with E-state index in [-0.39, 0.29) is 29.8 Å². The molecule has 2 fully saturated rings. The Hall–Kier alpha value is -1.46. The lowest BCUT2D eigenvalue weighted by Gasteiger charge is -2.37. The number of ether oxygens (including phenoxy) is 1. The smallest absolute Gasteiger partial charge is 0.225 e. The third-order valence-electron chi connectivity index (χ3n) is 4.66. The molecule has 4 nitrogen and oxygen atoms in total. The van der Waals surface area contributed by atoms with E-state index >= 15 is 0 Å². The van der Waals surface area contributed by atoms with Crippen LogP contribution in [0.1, 0.15) is 37.4 Å². The van der Waals surface area contributed by atoms with Crippen molar-refractivity contribution in [3.63, 3.8) is 0 Å². The number of carbonyl (C=O) groups excluding carboxylic acids is 1. The van der Waals surface area contributed by atoms with Crippen LogP contribution < -0.4 is 5.73 Å². The summed E-state index contributed by atoms with van der Waals surface area (Å²) in [6.07, 6.45) is 3.49. The molecular weight excluding hydrogens is 283 g/mol. The van der Waals surface area contributed by atoms with Crippen LogP contribution in [0.25, 0.3) is 0 Å². The summed E-state index contributed by atoms with van der Waals surface area (Å²) in [6.45, 7) is 1.59. The SMILES string of the molecule is N[C@@H]1CCC[C@@H](C(=O)N2CCO[C@H](c3cccc(F)c3)C2)C1. The van der Waals surface area contributed by atoms with E-state index in [1.165, 1.54) is 12.1 Å². The van der Waals surface area contributed by atoms with Crippen LogP contribution in [0.5, 0.6) is 0 Å². The van der Waals surface area contributed by atoms with Gasteiger partial charge in [0.2, 0.25) is 5.91 Å². The number of amides is 1. The quantitative estimate of drug-likeness (QED) is 0.911. The molecular formula is C17H23FN2O2. The predicted molar refractivity (Wildman–Crippen MR) is 81.6 cm³/mol. The lowest BCUT2D eigenvalue weighted by Crippen LogP contribution is -2.46. The minimum atomic E-state index is -0.275. The molecule has 2 N–H and O–H groups in total. The van der Waals surface area contributed by atoms with E-state index in [2.05, 4.69) is 0 Å². The topological polar surface area (TPSA) is 55.6 Å². The molecule has 5 heteroatoms. The second-order valence-electron chi connectivity index (χ2n) is 6.32. The van der Waals surface area contributed by atoms with E-state index in [1.54, 1.807) is 6.07 Å². The molecule has 0 unspecified atom stereocenters. The summed E-state index contributed by atoms with van der Waals surface area (Å²) in [4.78, 5) is 14.5. The number of rotatable bonds is 2. The van der Waals surface area contributed by atoms with Crippen molar-refractivity contribution in [2.75, 3.05) is 19.7 Å². The van der Waals surface area contributed by atoms with Gasteiger partial charge in [0, 0.05) is 18.5 Å². The number of halogens is 1. The van der Waals surface area contributed by atoms with Crippen molar-refractivity contribution in [1.82, 2.24) is 4.90 Å². The summed E-state index contributed by atoms with van der Waals surface area (Å²) in [5.74, 6) is -0.0577. The molecule has 1 saturated heterocycles. The standard InChI is InChI=1S/C17H23FN2O2/c18-14-5-1-3-12(9-14)16-11-20(7-8-22-16)17(21)13-4-2-6-15(19)10-13/h1,3,5,9,13,15-16H,2,4,6-8,10-11,19H2/t13-,15-,16+/m1/s1. The van der Waals surface area contributed by atoms with Gasteiger partial charge in [0.15, 0.2) is 0 Å². The molecule has 3 rings (SSSR count). The number of hydrogen-bond acceptors (Lipinski definition) is 3. The van der Waals surface area contributed by atoms with E-state index in [9.17, 15) is 9.18 Å². The highest BCUT2D eigenvalue weighted by molar-refractivity contribution is 5.79. The Morgan fingerprint density at radius 2 is 2.23 bits per heavy atom. The first-order valence-corrected chi connectivity index (χ1v) is 8.05. The first-order valence-electron chi connectivity index (χ1n) is 8.05. The van der Waals surface area contributed by atoms with Gasteiger partial charge in [-0.15, -0.1) is 0 Å². The molecule has 1 amide bonds. The van der Waals surface area contributed by atoms with Gasteiger partial charge in [0.25, 0.3) is 0 Å². The van der Waals surface area contributed by atoms with Crippen LogP contribution in [0.2, 0.25) is 0 Å². The lowest BCUT2D eigenvalue weighted by atomic mass is 9.85. The Kier molecular flexibility index (Phi) is 4.74. The third-order valence-corrected chi connectivity index (χ3v) is 4.66. The molecule has 3 atom stereocenters. The van der Waals surface area contributed by atoms with Gasteiger partial charge in [-0.05, 0) is 37.0 Å². The number of hydrogen-bond donors (Lipinski definition) is 1. The summed E-state index contributed by atoms with van der Waals surface area (Å²) in [6, 6.07) is 6.56. The fraction of sp³-hybridized carbons (Fsp3) is 0.588. The first kappa shape index (κ1) is 15.4. The second-order valence-corrected chi connectivity index (χ2v) is 6.32. The summed E-state index contributed by atoms with van der Waals surface area (Å²) in [5.41, 5.74) is 6.78. The fourth-order valence-corrected chi connectivity index (χ4v) is 3.47. The summed E-state index contributed by atoms with van der Waals surface area (Å²) < 4.78 is 19.1. The molecule has 22 heavy (non-hydrogen) atoms. The Morgan fingerprint density at radius 3 is 3.00 bits per heavy atom. The summed E-state index contributed by atoms with van der Waals surface area (Å²) in [7, 11) is 0. The van der Waals surface area contributed by atoms with Crippen molar-refractivity contribution in [3.05, 3.63) is 35.6 Å². The Morgan fingerprint density at radius 1 is 1.36 bits per heavy atom. The van der Waals surface area contributed by atoms with Crippen LogP contribution in [0.4, 0.5) is 4.39 Å². The van der Waals surface area contributed by atoms with Gasteiger partial charge in [-0.2, -0.15) is 0 Å². The zero-order valence-corrected chi connectivity index (χ0v) is 12.7. The molecule has 1 aromatic carbocycles. The van der Waals surface area contributed by atoms with Crippen molar-refractivity contribution in [2.24, 2.45) is 11.7 Å². The average Bonchev–Trinajstić information content (AvgIpc) is 2.54. The highest BCUT2D eigenvalue weighted by atomic mass is 19.1. The van der Waals surface area contributed by atoms with E-state index in [0.717, 1.165) is 31.2 Å². The molecule has 120 valence electrons. The zero-order chi connectivity index (χ0) is 15.5. The molecule has 1 heterocycles. The van der Waals surface area contributed by atoms with Crippen LogP contribution in [0.3, 0.4) is 0 Å². The molecule has 1 saturated carbocycles. The van der Waals surface area contributed by atoms with Crippen LogP contribution >= 0.6 is 0 Å². The second kappa shape index (κ2) is 6.75. The van der Waals surface area contributed by atoms with E-state index < -0.39 is 0 Å². The van der Waals surface area contributed by atoms with E-state index in [1.807, 2.05) is 11.0 Å². The van der Waals surface area contributed by atoms with Gasteiger partial charge >= 0.3 is 0 Å². The van der Waals surface area contributed by atoms with Crippen molar-refractivity contribution in [2.45, 2.75) is 37.8 Å². The van der Waals surface area contributed by atoms with Crippen molar-refractivity contribution >= 4 is 5.91 Å². The summed E-state index contributed by atoms with van der Waals surface area (Å²) >= 11 is 0. The number of nitrogens with two attached hydrogens (primary N) is 1. The minimum absolute atomic E-state index is 0.0370. The summed E-state index contributed by atoms with van der Waals surface area (Å²) in [5, 5.41) is 0. The zero-order valence-electron chi connectivity index (χ0n) is 12.7. The van der Waals surface area contributed by atoms with Gasteiger partial charge in [0.1, 0.15) is 11.9 Å². The van der Waals surface area contributed by atoms with Gasteiger partial charge in [-0.25, -0.2) is 4.39 Å². The first-order chi connectivity index (χ1) is 10.6. The van der Waals surface area contributed by atoms with E-state index in [0.29, 0.717) is 19.7 Å². The number of carbonyl (C=O) groups is 1. The molecule has 0 aromatic heterocycles. The van der Waals surface area contributed by atoms with Gasteiger partial charge in [-0.1, -0.05) is 18.6 Å². The molecule has 0 bridgehead atoms. The number of benzene rings is 1. The van der Waals surface area contributed by atoms with Crippen molar-refractivity contribution < 1.29 is 13.9 Å². The highest BCUT2D eigenvalue weighted by Gasteiger charge is 2.32. The molecule has 1 aliphatic carbocycles. The van der Waals surface area contributed by atoms with Crippen LogP contribution in [0, 0.1) is 11.7 Å². The maximum atomic E-state index is 13.4. The third kappa shape index (κ3) is 3.47. The van der Waals surface area contributed by atoms with Crippen molar-refractivity contribution in [1.29, 1.82) is 0 Å². The van der Waals surface area contributed by atoms with Gasteiger partial charge < -0.3 is 15.4 Å². The Bertz CT molecular complexity index is 537. The maximum absolute atomic E-state index is 13.4. The number of morpholine rings is 1. The van der Waals surface area contributed by atoms with Crippen LogP contribution in [0.15, 0.2) is 24.3 Å². The monoisotopic (exact) mass is 306 g/mol. The lowest BCUT2D eigenvalue weighted by molar-refractivity contribution is -0.144. The van der Waals surface area contributed by atoms with Crippen LogP contribution in [-0.4, -0.2) is 36.5 Å². The minimum Gasteiger partial charge on any atom is -0.370 e. The van der Waals surface area contributed by atoms with Crippen molar-refractivity contribution in [3.8, 4) is 0 Å². The Balaban J connectivity index is 1.66. The molecule has 0 radical (unpaired) electrons. The molecule has 1 aromatic rings. The molecule has 1 aliphatic heterocycles. The molecule has 2 aliphatic rings. The Labute approximate surface area is 130 Å². The van der Waals surface area contributed by atoms with Gasteiger partial charge in [-0.3, -0.25) is 4.79 Å². The van der Waals surface area contributed by atoms with Crippen LogP contribution in [-0.2, 0) is 9.53 Å². The predicted octanol–water partition coefficient (Wildman–Crippen LogP) is 2.24. The average molecular weight is 306 g/mol. The van der Waals surface area contributed by atoms with Gasteiger partial charge in [0.05, 0.1) is 13.2 Å². The fourth-order valence-electron chi connectivity index (χ4n) is 3.47. The molecule has 0 spiro atoms. The maximum Gasteiger partial charge on any atom is 0.225 e. The largest absolute Gasteiger partial charge is 0.370 e. The number of nitrogens with zero attached hydrogens (tertiary/aromatic N) is 1. The van der Waals surface area contributed by atoms with E-state index in [4.69, 9.17) is 10.5 Å².